The Morgan fingerprint density at radius 3 is 2.67 bits per heavy atom. The number of halogens is 5. The van der Waals surface area contributed by atoms with Crippen LogP contribution in [0.25, 0.3) is 11.4 Å². The maximum Gasteiger partial charge on any atom is 0.416 e. The molecule has 6 nitrogen and oxygen atoms in total. The van der Waals surface area contributed by atoms with E-state index >= 15 is 0 Å². The fourth-order valence-corrected chi connectivity index (χ4v) is 2.03. The summed E-state index contributed by atoms with van der Waals surface area (Å²) in [5.41, 5.74) is -0.724. The van der Waals surface area contributed by atoms with E-state index in [1.54, 1.807) is 0 Å². The largest absolute Gasteiger partial charge is 0.416 e. The van der Waals surface area contributed by atoms with Crippen molar-refractivity contribution < 1.29 is 22.0 Å². The Labute approximate surface area is 131 Å². The third-order valence-corrected chi connectivity index (χ3v) is 3.14. The molecule has 0 aliphatic carbocycles. The normalized spacial score (nSPS) is 12.1. The Hall–Kier alpha value is -2.85. The Balaban J connectivity index is 1.85. The molecule has 1 aromatic carbocycles. The van der Waals surface area contributed by atoms with Gasteiger partial charge >= 0.3 is 12.7 Å². The molecule has 0 saturated carbocycles. The van der Waals surface area contributed by atoms with E-state index in [1.807, 2.05) is 0 Å². The second-order valence-electron chi connectivity index (χ2n) is 4.75. The summed E-state index contributed by atoms with van der Waals surface area (Å²) < 4.78 is 64.3. The molecule has 24 heavy (non-hydrogen) atoms. The number of hydrogen-bond donors (Lipinski definition) is 0. The molecule has 3 aromatic rings. The van der Waals surface area contributed by atoms with Gasteiger partial charge in [-0.3, -0.25) is 4.57 Å². The topological polar surface area (TPSA) is 61.4 Å². The number of aromatic nitrogens is 6. The van der Waals surface area contributed by atoms with Gasteiger partial charge in [-0.05, 0) is 17.3 Å². The molecular weight excluding hydrogens is 335 g/mol. The van der Waals surface area contributed by atoms with E-state index < -0.39 is 18.3 Å². The van der Waals surface area contributed by atoms with E-state index in [0.717, 1.165) is 23.1 Å². The molecule has 0 spiro atoms. The van der Waals surface area contributed by atoms with E-state index in [4.69, 9.17) is 0 Å². The summed E-state index contributed by atoms with van der Waals surface area (Å²) in [4.78, 5) is 4.75. The van der Waals surface area contributed by atoms with Gasteiger partial charge in [0.25, 0.3) is 0 Å². The van der Waals surface area contributed by atoms with Gasteiger partial charge in [-0.2, -0.15) is 26.7 Å². The number of rotatable bonds is 4. The van der Waals surface area contributed by atoms with Crippen LogP contribution in [-0.2, 0) is 12.7 Å². The van der Waals surface area contributed by atoms with Crippen LogP contribution in [-0.4, -0.2) is 29.8 Å². The second-order valence-corrected chi connectivity index (χ2v) is 4.75. The molecule has 2 aromatic heterocycles. The number of tetrazole rings is 1. The summed E-state index contributed by atoms with van der Waals surface area (Å²) in [6.45, 7) is -2.96. The minimum atomic E-state index is -4.49. The predicted octanol–water partition coefficient (Wildman–Crippen LogP) is 3.00. The molecule has 0 amide bonds. The quantitative estimate of drug-likeness (QED) is 0.683. The lowest BCUT2D eigenvalue weighted by atomic mass is 10.1. The van der Waals surface area contributed by atoms with Crippen LogP contribution in [0.2, 0.25) is 0 Å². The third kappa shape index (κ3) is 3.24. The number of nitrogens with zero attached hydrogens (tertiary/aromatic N) is 6. The summed E-state index contributed by atoms with van der Waals surface area (Å²) in [6.07, 6.45) is -2.19. The van der Waals surface area contributed by atoms with Crippen molar-refractivity contribution in [1.82, 2.24) is 29.8 Å². The molecule has 0 bridgehead atoms. The average Bonchev–Trinajstić information content (AvgIpc) is 3.16. The molecule has 0 saturated heterocycles. The maximum atomic E-state index is 12.7. The van der Waals surface area contributed by atoms with Gasteiger partial charge in [0.05, 0.1) is 5.56 Å². The van der Waals surface area contributed by atoms with Crippen molar-refractivity contribution in [3.63, 3.8) is 0 Å². The van der Waals surface area contributed by atoms with E-state index in [2.05, 4.69) is 20.4 Å². The van der Waals surface area contributed by atoms with Crippen LogP contribution >= 0.6 is 0 Å². The lowest BCUT2D eigenvalue weighted by molar-refractivity contribution is -0.137. The van der Waals surface area contributed by atoms with Gasteiger partial charge in [0.15, 0.2) is 0 Å². The molecule has 3 rings (SSSR count). The highest BCUT2D eigenvalue weighted by Gasteiger charge is 2.30. The average molecular weight is 344 g/mol. The monoisotopic (exact) mass is 344 g/mol. The van der Waals surface area contributed by atoms with Gasteiger partial charge in [0, 0.05) is 18.0 Å². The van der Waals surface area contributed by atoms with Crippen LogP contribution in [0.15, 0.2) is 36.7 Å². The SMILES string of the molecule is FC(F)n1ccnc1Cn1nnc(-c2cccc(C(F)(F)F)c2)n1. The lowest BCUT2D eigenvalue weighted by Crippen LogP contribution is -2.11. The van der Waals surface area contributed by atoms with Crippen molar-refractivity contribution in [3.05, 3.63) is 48.0 Å². The number of alkyl halides is 5. The van der Waals surface area contributed by atoms with Crippen molar-refractivity contribution in [2.75, 3.05) is 0 Å². The highest BCUT2D eigenvalue weighted by molar-refractivity contribution is 5.55. The Morgan fingerprint density at radius 1 is 1.17 bits per heavy atom. The first-order valence-electron chi connectivity index (χ1n) is 6.60. The smallest absolute Gasteiger partial charge is 0.276 e. The zero-order valence-electron chi connectivity index (χ0n) is 11.8. The number of imidazole rings is 1. The molecule has 0 N–H and O–H groups in total. The maximum absolute atomic E-state index is 12.7. The Kier molecular flexibility index (Phi) is 3.99. The fourth-order valence-electron chi connectivity index (χ4n) is 2.03. The zero-order valence-corrected chi connectivity index (χ0v) is 11.8. The highest BCUT2D eigenvalue weighted by Crippen LogP contribution is 2.31. The Morgan fingerprint density at radius 2 is 1.96 bits per heavy atom. The van der Waals surface area contributed by atoms with Crippen LogP contribution in [0.4, 0.5) is 22.0 Å². The van der Waals surface area contributed by atoms with Gasteiger partial charge in [-0.15, -0.1) is 10.2 Å². The third-order valence-electron chi connectivity index (χ3n) is 3.14. The van der Waals surface area contributed by atoms with Crippen LogP contribution in [0, 0.1) is 0 Å². The van der Waals surface area contributed by atoms with Crippen LogP contribution < -0.4 is 0 Å². The summed E-state index contributed by atoms with van der Waals surface area (Å²) in [7, 11) is 0. The summed E-state index contributed by atoms with van der Waals surface area (Å²) in [5.74, 6) is -0.0470. The van der Waals surface area contributed by atoms with Gasteiger partial charge in [-0.1, -0.05) is 12.1 Å². The highest BCUT2D eigenvalue weighted by atomic mass is 19.4. The standard InChI is InChI=1S/C13H9F5N6/c14-12(15)23-5-4-19-10(23)7-24-21-11(20-22-24)8-2-1-3-9(6-8)13(16,17)18/h1-6,12H,7H2. The van der Waals surface area contributed by atoms with Crippen molar-refractivity contribution in [1.29, 1.82) is 0 Å². The van der Waals surface area contributed by atoms with Crippen LogP contribution in [0.3, 0.4) is 0 Å². The molecule has 2 heterocycles. The predicted molar refractivity (Wildman–Crippen MR) is 70.8 cm³/mol. The lowest BCUT2D eigenvalue weighted by Gasteiger charge is -2.06. The zero-order chi connectivity index (χ0) is 17.3. The molecule has 0 unspecified atom stereocenters. The number of hydrogen-bond acceptors (Lipinski definition) is 4. The first-order chi connectivity index (χ1) is 11.3. The van der Waals surface area contributed by atoms with Crippen molar-refractivity contribution in [2.24, 2.45) is 0 Å². The minimum Gasteiger partial charge on any atom is -0.276 e. The van der Waals surface area contributed by atoms with Gasteiger partial charge in [-0.25, -0.2) is 4.98 Å². The van der Waals surface area contributed by atoms with Crippen molar-refractivity contribution in [2.45, 2.75) is 19.3 Å². The molecule has 0 aliphatic heterocycles. The first-order valence-corrected chi connectivity index (χ1v) is 6.60. The van der Waals surface area contributed by atoms with Crippen LogP contribution in [0.1, 0.15) is 17.9 Å². The molecule has 0 aliphatic rings. The van der Waals surface area contributed by atoms with Crippen molar-refractivity contribution in [3.8, 4) is 11.4 Å². The van der Waals surface area contributed by atoms with E-state index in [-0.39, 0.29) is 23.8 Å². The molecule has 0 radical (unpaired) electrons. The second kappa shape index (κ2) is 5.98. The number of benzene rings is 1. The summed E-state index contributed by atoms with van der Waals surface area (Å²) in [6, 6.07) is 4.44. The van der Waals surface area contributed by atoms with Gasteiger partial charge in [0.1, 0.15) is 12.4 Å². The molecule has 126 valence electrons. The van der Waals surface area contributed by atoms with Crippen molar-refractivity contribution >= 4 is 0 Å². The minimum absolute atomic E-state index is 0.00186. The Bertz CT molecular complexity index is 837. The fraction of sp³-hybridized carbons (Fsp3) is 0.231. The van der Waals surface area contributed by atoms with Crippen LogP contribution in [0.5, 0.6) is 0 Å². The van der Waals surface area contributed by atoms with E-state index in [0.29, 0.717) is 4.57 Å². The molecular formula is C13H9F5N6. The molecule has 0 fully saturated rings. The van der Waals surface area contributed by atoms with Gasteiger partial charge < -0.3 is 0 Å². The molecule has 0 atom stereocenters. The first kappa shape index (κ1) is 16.0. The summed E-state index contributed by atoms with van der Waals surface area (Å²) >= 11 is 0. The van der Waals surface area contributed by atoms with E-state index in [9.17, 15) is 22.0 Å². The van der Waals surface area contributed by atoms with E-state index in [1.165, 1.54) is 18.3 Å². The van der Waals surface area contributed by atoms with Gasteiger partial charge in [0.2, 0.25) is 5.82 Å². The molecule has 11 heteroatoms. The summed E-state index contributed by atoms with van der Waals surface area (Å²) in [5, 5.41) is 11.2.